The van der Waals surface area contributed by atoms with Gasteiger partial charge in [-0.2, -0.15) is 5.26 Å². The van der Waals surface area contributed by atoms with Crippen LogP contribution in [0, 0.1) is 21.4 Å². The zero-order valence-corrected chi connectivity index (χ0v) is 11.3. The van der Waals surface area contributed by atoms with Crippen LogP contribution in [0.1, 0.15) is 21.6 Å². The Morgan fingerprint density at radius 1 is 1.32 bits per heavy atom. The highest BCUT2D eigenvalue weighted by molar-refractivity contribution is 5.92. The summed E-state index contributed by atoms with van der Waals surface area (Å²) < 4.78 is 0. The fourth-order valence-corrected chi connectivity index (χ4v) is 1.76. The van der Waals surface area contributed by atoms with Gasteiger partial charge in [0, 0.05) is 18.2 Å². The van der Waals surface area contributed by atoms with Gasteiger partial charge in [0.15, 0.2) is 0 Å². The van der Waals surface area contributed by atoms with Crippen LogP contribution in [0.3, 0.4) is 0 Å². The topological polar surface area (TPSA) is 135 Å². The maximum Gasteiger partial charge on any atom is 0.305 e. The summed E-state index contributed by atoms with van der Waals surface area (Å²) in [5.41, 5.74) is 5.83. The van der Waals surface area contributed by atoms with E-state index in [9.17, 15) is 14.9 Å². The van der Waals surface area contributed by atoms with E-state index < -0.39 is 10.8 Å². The Balaban J connectivity index is 2.10. The number of nitrogens with one attached hydrogen (secondary N) is 1. The minimum atomic E-state index is -0.655. The monoisotopic (exact) mass is 297 g/mol. The molecule has 0 aliphatic rings. The van der Waals surface area contributed by atoms with Crippen LogP contribution in [0.2, 0.25) is 0 Å². The fraction of sp³-hybridized carbons (Fsp3) is 0.0714. The van der Waals surface area contributed by atoms with Crippen molar-refractivity contribution >= 4 is 17.4 Å². The van der Waals surface area contributed by atoms with E-state index >= 15 is 0 Å². The van der Waals surface area contributed by atoms with Gasteiger partial charge in [0.05, 0.1) is 4.92 Å². The molecule has 0 saturated heterocycles. The van der Waals surface area contributed by atoms with Crippen LogP contribution in [-0.4, -0.2) is 15.8 Å². The molecule has 1 heterocycles. The van der Waals surface area contributed by atoms with Crippen molar-refractivity contribution in [2.45, 2.75) is 6.54 Å². The highest BCUT2D eigenvalue weighted by atomic mass is 16.6. The Labute approximate surface area is 125 Å². The van der Waals surface area contributed by atoms with Crippen molar-refractivity contribution in [1.29, 1.82) is 5.26 Å². The van der Waals surface area contributed by atoms with Crippen molar-refractivity contribution in [2.75, 3.05) is 5.32 Å². The Kier molecular flexibility index (Phi) is 4.29. The first-order valence-electron chi connectivity index (χ1n) is 6.19. The Bertz CT molecular complexity index is 765. The van der Waals surface area contributed by atoms with E-state index in [0.29, 0.717) is 17.9 Å². The number of aromatic nitrogens is 1. The Hall–Kier alpha value is -3.47. The lowest BCUT2D eigenvalue weighted by atomic mass is 10.1. The molecule has 3 N–H and O–H groups in total. The smallest absolute Gasteiger partial charge is 0.305 e. The average molecular weight is 297 g/mol. The number of nitrogens with two attached hydrogens (primary N) is 1. The first kappa shape index (κ1) is 14.9. The van der Waals surface area contributed by atoms with E-state index in [-0.39, 0.29) is 11.4 Å². The van der Waals surface area contributed by atoms with Crippen LogP contribution in [0.15, 0.2) is 36.4 Å². The summed E-state index contributed by atoms with van der Waals surface area (Å²) in [7, 11) is 0. The van der Waals surface area contributed by atoms with Crippen LogP contribution < -0.4 is 11.1 Å². The van der Waals surface area contributed by atoms with Crippen LogP contribution in [-0.2, 0) is 6.54 Å². The molecule has 2 rings (SSSR count). The van der Waals surface area contributed by atoms with E-state index in [1.807, 2.05) is 0 Å². The Morgan fingerprint density at radius 3 is 2.55 bits per heavy atom. The number of carbonyl (C=O) groups excluding carboxylic acids is 1. The molecule has 2 aromatic rings. The van der Waals surface area contributed by atoms with Crippen molar-refractivity contribution in [2.24, 2.45) is 5.73 Å². The zero-order valence-electron chi connectivity index (χ0n) is 11.3. The number of nitro groups is 1. The average Bonchev–Trinajstić information content (AvgIpc) is 2.52. The maximum atomic E-state index is 11.0. The standard InChI is InChI=1S/C14H11N5O3/c15-7-11-12(19(21)22)5-6-13(18-11)17-8-9-1-3-10(4-2-9)14(16)20/h1-6H,8H2,(H2,16,20)(H,17,18). The van der Waals surface area contributed by atoms with Gasteiger partial charge in [-0.3, -0.25) is 14.9 Å². The van der Waals surface area contributed by atoms with Gasteiger partial charge in [-0.05, 0) is 23.8 Å². The lowest BCUT2D eigenvalue weighted by Gasteiger charge is -2.06. The number of rotatable bonds is 5. The summed E-state index contributed by atoms with van der Waals surface area (Å²) in [6, 6.07) is 11.0. The van der Waals surface area contributed by atoms with Crippen LogP contribution in [0.25, 0.3) is 0 Å². The summed E-state index contributed by atoms with van der Waals surface area (Å²) in [5, 5.41) is 22.5. The number of amides is 1. The molecule has 0 bridgehead atoms. The second-order valence-electron chi connectivity index (χ2n) is 4.35. The van der Waals surface area contributed by atoms with Crippen LogP contribution >= 0.6 is 0 Å². The molecule has 0 aliphatic heterocycles. The number of hydrogen-bond donors (Lipinski definition) is 2. The molecule has 0 fully saturated rings. The zero-order chi connectivity index (χ0) is 16.1. The number of primary amides is 1. The second kappa shape index (κ2) is 6.32. The van der Waals surface area contributed by atoms with Crippen molar-refractivity contribution < 1.29 is 9.72 Å². The third-order valence-corrected chi connectivity index (χ3v) is 2.89. The van der Waals surface area contributed by atoms with E-state index in [0.717, 1.165) is 5.56 Å². The summed E-state index contributed by atoms with van der Waals surface area (Å²) in [6.07, 6.45) is 0. The fourth-order valence-electron chi connectivity index (χ4n) is 1.76. The lowest BCUT2D eigenvalue weighted by molar-refractivity contribution is -0.385. The molecule has 1 amide bonds. The largest absolute Gasteiger partial charge is 0.366 e. The molecule has 0 aliphatic carbocycles. The summed E-state index contributed by atoms with van der Waals surface area (Å²) in [4.78, 5) is 24.9. The first-order valence-corrected chi connectivity index (χ1v) is 6.19. The SMILES string of the molecule is N#Cc1nc(NCc2ccc(C(N)=O)cc2)ccc1[N+](=O)[O-]. The van der Waals surface area contributed by atoms with Gasteiger partial charge in [-0.15, -0.1) is 0 Å². The van der Waals surface area contributed by atoms with E-state index in [1.165, 1.54) is 12.1 Å². The summed E-state index contributed by atoms with van der Waals surface area (Å²) in [6.45, 7) is 0.384. The highest BCUT2D eigenvalue weighted by Gasteiger charge is 2.15. The van der Waals surface area contributed by atoms with E-state index in [1.54, 1.807) is 30.3 Å². The molecular formula is C14H11N5O3. The number of anilines is 1. The molecule has 8 heteroatoms. The van der Waals surface area contributed by atoms with Gasteiger partial charge in [0.2, 0.25) is 11.6 Å². The molecule has 0 spiro atoms. The molecule has 0 unspecified atom stereocenters. The molecule has 1 aromatic carbocycles. The van der Waals surface area contributed by atoms with Crippen LogP contribution in [0.5, 0.6) is 0 Å². The minimum Gasteiger partial charge on any atom is -0.366 e. The van der Waals surface area contributed by atoms with Gasteiger partial charge < -0.3 is 11.1 Å². The number of carbonyl (C=O) groups is 1. The molecule has 0 radical (unpaired) electrons. The first-order chi connectivity index (χ1) is 10.5. The van der Waals surface area contributed by atoms with E-state index in [2.05, 4.69) is 10.3 Å². The number of nitriles is 1. The molecule has 0 atom stereocenters. The minimum absolute atomic E-state index is 0.251. The van der Waals surface area contributed by atoms with Gasteiger partial charge >= 0.3 is 5.69 Å². The third-order valence-electron chi connectivity index (χ3n) is 2.89. The number of nitrogens with zero attached hydrogens (tertiary/aromatic N) is 3. The van der Waals surface area contributed by atoms with Crippen molar-refractivity contribution in [1.82, 2.24) is 4.98 Å². The molecule has 0 saturated carbocycles. The number of pyridine rings is 1. The normalized spacial score (nSPS) is 9.77. The Morgan fingerprint density at radius 2 is 2.00 bits per heavy atom. The van der Waals surface area contributed by atoms with Crippen LogP contribution in [0.4, 0.5) is 11.5 Å². The van der Waals surface area contributed by atoms with E-state index in [4.69, 9.17) is 11.0 Å². The molecule has 8 nitrogen and oxygen atoms in total. The van der Waals surface area contributed by atoms with Gasteiger partial charge in [0.1, 0.15) is 11.9 Å². The number of hydrogen-bond acceptors (Lipinski definition) is 6. The van der Waals surface area contributed by atoms with Crippen molar-refractivity contribution in [3.63, 3.8) is 0 Å². The summed E-state index contributed by atoms with van der Waals surface area (Å²) in [5.74, 6) is -0.156. The quantitative estimate of drug-likeness (QED) is 0.635. The summed E-state index contributed by atoms with van der Waals surface area (Å²) >= 11 is 0. The molecule has 22 heavy (non-hydrogen) atoms. The molecule has 110 valence electrons. The maximum absolute atomic E-state index is 11.0. The van der Waals surface area contributed by atoms with Gasteiger partial charge in [0.25, 0.3) is 0 Å². The van der Waals surface area contributed by atoms with Gasteiger partial charge in [-0.1, -0.05) is 12.1 Å². The van der Waals surface area contributed by atoms with Gasteiger partial charge in [-0.25, -0.2) is 4.98 Å². The number of benzene rings is 1. The predicted octanol–water partition coefficient (Wildman–Crippen LogP) is 1.57. The highest BCUT2D eigenvalue weighted by Crippen LogP contribution is 2.18. The molecule has 1 aromatic heterocycles. The van der Waals surface area contributed by atoms with Crippen molar-refractivity contribution in [3.8, 4) is 6.07 Å². The van der Waals surface area contributed by atoms with Crippen molar-refractivity contribution in [3.05, 3.63) is 63.3 Å². The third kappa shape index (κ3) is 3.34. The molecular weight excluding hydrogens is 286 g/mol. The lowest BCUT2D eigenvalue weighted by Crippen LogP contribution is -2.11. The predicted molar refractivity (Wildman–Crippen MR) is 77.9 cm³/mol. The second-order valence-corrected chi connectivity index (χ2v) is 4.35.